The van der Waals surface area contributed by atoms with Crippen molar-refractivity contribution >= 4 is 0 Å². The van der Waals surface area contributed by atoms with Crippen LogP contribution in [0.5, 0.6) is 0 Å². The Morgan fingerprint density at radius 2 is 2.50 bits per heavy atom. The van der Waals surface area contributed by atoms with Crippen molar-refractivity contribution in [3.63, 3.8) is 0 Å². The fourth-order valence-corrected chi connectivity index (χ4v) is 1.17. The third-order valence-corrected chi connectivity index (χ3v) is 1.86. The van der Waals surface area contributed by atoms with Crippen molar-refractivity contribution in [1.29, 1.82) is 0 Å². The van der Waals surface area contributed by atoms with E-state index in [4.69, 9.17) is 10.6 Å². The van der Waals surface area contributed by atoms with Crippen LogP contribution in [0.25, 0.3) is 0 Å². The van der Waals surface area contributed by atoms with Gasteiger partial charge < -0.3 is 4.74 Å². The molecule has 3 N–H and O–H groups in total. The summed E-state index contributed by atoms with van der Waals surface area (Å²) < 4.78 is 6.94. The summed E-state index contributed by atoms with van der Waals surface area (Å²) in [6.07, 6.45) is 2.60. The maximum atomic E-state index is 5.38. The van der Waals surface area contributed by atoms with Gasteiger partial charge in [0.15, 0.2) is 0 Å². The van der Waals surface area contributed by atoms with Crippen molar-refractivity contribution in [2.75, 3.05) is 13.2 Å². The minimum absolute atomic E-state index is 0.0895. The van der Waals surface area contributed by atoms with Crippen LogP contribution >= 0.6 is 0 Å². The van der Waals surface area contributed by atoms with Gasteiger partial charge in [0.25, 0.3) is 0 Å². The van der Waals surface area contributed by atoms with Gasteiger partial charge in [-0.3, -0.25) is 16.0 Å². The predicted octanol–water partition coefficient (Wildman–Crippen LogP) is -0.774. The van der Waals surface area contributed by atoms with E-state index in [1.165, 1.54) is 0 Å². The standard InChI is InChI=1S/C8H17N5O/c1-3-14-6-8(10-9)4-7-5-13(2)12-11-7/h5,8,10H,3-4,6,9H2,1-2H3. The van der Waals surface area contributed by atoms with E-state index in [1.807, 2.05) is 20.2 Å². The molecule has 1 rings (SSSR count). The lowest BCUT2D eigenvalue weighted by molar-refractivity contribution is 0.122. The molecule has 1 atom stereocenters. The van der Waals surface area contributed by atoms with Crippen molar-refractivity contribution in [1.82, 2.24) is 20.4 Å². The summed E-state index contributed by atoms with van der Waals surface area (Å²) in [6, 6.07) is 0.0895. The molecular formula is C8H17N5O. The number of nitrogens with zero attached hydrogens (tertiary/aromatic N) is 3. The van der Waals surface area contributed by atoms with Crippen LogP contribution < -0.4 is 11.3 Å². The Morgan fingerprint density at radius 1 is 1.71 bits per heavy atom. The van der Waals surface area contributed by atoms with Crippen molar-refractivity contribution in [2.45, 2.75) is 19.4 Å². The quantitative estimate of drug-likeness (QED) is 0.464. The van der Waals surface area contributed by atoms with Crippen molar-refractivity contribution in [3.8, 4) is 0 Å². The summed E-state index contributed by atoms with van der Waals surface area (Å²) in [5.41, 5.74) is 3.60. The van der Waals surface area contributed by atoms with E-state index in [-0.39, 0.29) is 6.04 Å². The molecule has 0 aliphatic heterocycles. The molecule has 6 nitrogen and oxygen atoms in total. The first-order valence-corrected chi connectivity index (χ1v) is 4.65. The predicted molar refractivity (Wildman–Crippen MR) is 52.3 cm³/mol. The molecule has 0 aliphatic rings. The molecule has 1 heterocycles. The third kappa shape index (κ3) is 3.41. The van der Waals surface area contributed by atoms with E-state index >= 15 is 0 Å². The van der Waals surface area contributed by atoms with Gasteiger partial charge in [-0.25, -0.2) is 0 Å². The van der Waals surface area contributed by atoms with Gasteiger partial charge in [0.05, 0.1) is 18.3 Å². The molecule has 1 aromatic rings. The molecule has 0 saturated carbocycles. The number of hydrogen-bond donors (Lipinski definition) is 2. The Labute approximate surface area is 83.4 Å². The van der Waals surface area contributed by atoms with Crippen LogP contribution in [-0.4, -0.2) is 34.2 Å². The summed E-state index contributed by atoms with van der Waals surface area (Å²) >= 11 is 0. The number of nitrogens with two attached hydrogens (primary N) is 1. The number of hydrogen-bond acceptors (Lipinski definition) is 5. The van der Waals surface area contributed by atoms with Gasteiger partial charge in [-0.05, 0) is 6.92 Å². The number of nitrogens with one attached hydrogen (secondary N) is 1. The second kappa shape index (κ2) is 5.69. The Kier molecular flexibility index (Phi) is 4.51. The molecule has 0 aliphatic carbocycles. The number of ether oxygens (including phenoxy) is 1. The molecule has 0 fully saturated rings. The van der Waals surface area contributed by atoms with Crippen LogP contribution in [0.2, 0.25) is 0 Å². The van der Waals surface area contributed by atoms with Gasteiger partial charge >= 0.3 is 0 Å². The van der Waals surface area contributed by atoms with Gasteiger partial charge in [-0.2, -0.15) is 0 Å². The smallest absolute Gasteiger partial charge is 0.0843 e. The second-order valence-corrected chi connectivity index (χ2v) is 3.11. The summed E-state index contributed by atoms with van der Waals surface area (Å²) in [6.45, 7) is 3.23. The summed E-state index contributed by atoms with van der Waals surface area (Å²) in [7, 11) is 1.84. The highest BCUT2D eigenvalue weighted by molar-refractivity contribution is 4.95. The second-order valence-electron chi connectivity index (χ2n) is 3.11. The first-order chi connectivity index (χ1) is 6.76. The Morgan fingerprint density at radius 3 is 3.00 bits per heavy atom. The largest absolute Gasteiger partial charge is 0.380 e. The third-order valence-electron chi connectivity index (χ3n) is 1.86. The Hall–Kier alpha value is -0.980. The van der Waals surface area contributed by atoms with E-state index in [0.29, 0.717) is 13.2 Å². The highest BCUT2D eigenvalue weighted by Crippen LogP contribution is 1.98. The molecule has 0 amide bonds. The van der Waals surface area contributed by atoms with E-state index in [1.54, 1.807) is 4.68 Å². The van der Waals surface area contributed by atoms with Gasteiger partial charge in [0.2, 0.25) is 0 Å². The zero-order valence-electron chi connectivity index (χ0n) is 8.60. The summed E-state index contributed by atoms with van der Waals surface area (Å²) in [4.78, 5) is 0. The lowest BCUT2D eigenvalue weighted by Crippen LogP contribution is -2.40. The number of hydrazine groups is 1. The molecule has 0 aromatic carbocycles. The molecule has 1 unspecified atom stereocenters. The first kappa shape index (κ1) is 11.1. The monoisotopic (exact) mass is 199 g/mol. The minimum Gasteiger partial charge on any atom is -0.380 e. The van der Waals surface area contributed by atoms with Crippen molar-refractivity contribution in [2.24, 2.45) is 12.9 Å². The number of aryl methyl sites for hydroxylation is 1. The van der Waals surface area contributed by atoms with Gasteiger partial charge in [0, 0.05) is 26.3 Å². The molecule has 6 heteroatoms. The Balaban J connectivity index is 2.40. The van der Waals surface area contributed by atoms with Crippen LogP contribution in [0.15, 0.2) is 6.20 Å². The molecule has 0 spiro atoms. The van der Waals surface area contributed by atoms with Crippen LogP contribution in [0.3, 0.4) is 0 Å². The molecule has 0 radical (unpaired) electrons. The average molecular weight is 199 g/mol. The minimum atomic E-state index is 0.0895. The lowest BCUT2D eigenvalue weighted by Gasteiger charge is -2.13. The van der Waals surface area contributed by atoms with Gasteiger partial charge in [-0.15, -0.1) is 5.10 Å². The van der Waals surface area contributed by atoms with E-state index in [2.05, 4.69) is 15.7 Å². The molecular weight excluding hydrogens is 182 g/mol. The maximum Gasteiger partial charge on any atom is 0.0843 e. The zero-order valence-corrected chi connectivity index (χ0v) is 8.60. The zero-order chi connectivity index (χ0) is 10.4. The van der Waals surface area contributed by atoms with Crippen LogP contribution in [-0.2, 0) is 18.2 Å². The summed E-state index contributed by atoms with van der Waals surface area (Å²) in [5.74, 6) is 5.38. The highest BCUT2D eigenvalue weighted by Gasteiger charge is 2.09. The number of rotatable bonds is 6. The van der Waals surface area contributed by atoms with Gasteiger partial charge in [-0.1, -0.05) is 5.21 Å². The van der Waals surface area contributed by atoms with Crippen LogP contribution in [0.1, 0.15) is 12.6 Å². The van der Waals surface area contributed by atoms with Crippen molar-refractivity contribution in [3.05, 3.63) is 11.9 Å². The topological polar surface area (TPSA) is 78.0 Å². The Bertz CT molecular complexity index is 262. The first-order valence-electron chi connectivity index (χ1n) is 4.65. The van der Waals surface area contributed by atoms with Gasteiger partial charge in [0.1, 0.15) is 0 Å². The van der Waals surface area contributed by atoms with Crippen LogP contribution in [0, 0.1) is 0 Å². The molecule has 0 saturated heterocycles. The number of aromatic nitrogens is 3. The molecule has 1 aromatic heterocycles. The highest BCUT2D eigenvalue weighted by atomic mass is 16.5. The molecule has 0 bridgehead atoms. The fraction of sp³-hybridized carbons (Fsp3) is 0.750. The van der Waals surface area contributed by atoms with E-state index < -0.39 is 0 Å². The summed E-state index contributed by atoms with van der Waals surface area (Å²) in [5, 5.41) is 7.81. The fourth-order valence-electron chi connectivity index (χ4n) is 1.17. The van der Waals surface area contributed by atoms with Crippen LogP contribution in [0.4, 0.5) is 0 Å². The lowest BCUT2D eigenvalue weighted by atomic mass is 10.2. The van der Waals surface area contributed by atoms with E-state index in [0.717, 1.165) is 12.1 Å². The SMILES string of the molecule is CCOCC(Cc1cn(C)nn1)NN. The molecule has 80 valence electrons. The van der Waals surface area contributed by atoms with Crippen molar-refractivity contribution < 1.29 is 4.74 Å². The average Bonchev–Trinajstić information content (AvgIpc) is 2.58. The normalized spacial score (nSPS) is 13.1. The maximum absolute atomic E-state index is 5.38. The molecule has 14 heavy (non-hydrogen) atoms. The van der Waals surface area contributed by atoms with E-state index in [9.17, 15) is 0 Å².